The Labute approximate surface area is 143 Å². The summed E-state index contributed by atoms with van der Waals surface area (Å²) in [4.78, 5) is 18.3. The molecule has 0 spiro atoms. The summed E-state index contributed by atoms with van der Waals surface area (Å²) in [6, 6.07) is 12.4. The van der Waals surface area contributed by atoms with Crippen LogP contribution in [0.3, 0.4) is 0 Å². The number of hydrogen-bond donors (Lipinski definition) is 1. The van der Waals surface area contributed by atoms with Crippen molar-refractivity contribution in [2.75, 3.05) is 13.1 Å². The van der Waals surface area contributed by atoms with E-state index in [1.165, 1.54) is 16.7 Å². The van der Waals surface area contributed by atoms with E-state index in [9.17, 15) is 9.90 Å². The average Bonchev–Trinajstić information content (AvgIpc) is 2.59. The van der Waals surface area contributed by atoms with Gasteiger partial charge in [0.2, 0.25) is 0 Å². The average molecular weight is 324 g/mol. The number of aliphatic carboxylic acids is 1. The molecule has 126 valence electrons. The van der Waals surface area contributed by atoms with Crippen LogP contribution in [0, 0.1) is 19.8 Å². The van der Waals surface area contributed by atoms with Crippen molar-refractivity contribution in [2.24, 2.45) is 5.92 Å². The van der Waals surface area contributed by atoms with E-state index in [4.69, 9.17) is 0 Å². The Bertz CT molecular complexity index is 715. The monoisotopic (exact) mass is 324 g/mol. The number of nitrogens with zero attached hydrogens (tertiary/aromatic N) is 2. The summed E-state index contributed by atoms with van der Waals surface area (Å²) < 4.78 is 0. The molecular formula is C20H24N2O2. The van der Waals surface area contributed by atoms with Gasteiger partial charge < -0.3 is 5.11 Å². The first-order valence-corrected chi connectivity index (χ1v) is 8.51. The fourth-order valence-electron chi connectivity index (χ4n) is 3.58. The zero-order valence-corrected chi connectivity index (χ0v) is 14.3. The van der Waals surface area contributed by atoms with Crippen LogP contribution < -0.4 is 0 Å². The summed E-state index contributed by atoms with van der Waals surface area (Å²) in [7, 11) is 0. The van der Waals surface area contributed by atoms with Gasteiger partial charge in [0.15, 0.2) is 0 Å². The highest BCUT2D eigenvalue weighted by molar-refractivity contribution is 5.70. The van der Waals surface area contributed by atoms with E-state index in [1.807, 2.05) is 24.4 Å². The van der Waals surface area contributed by atoms with E-state index < -0.39 is 5.97 Å². The molecule has 0 bridgehead atoms. The number of benzene rings is 1. The van der Waals surface area contributed by atoms with Crippen molar-refractivity contribution in [3.63, 3.8) is 0 Å². The molecule has 2 unspecified atom stereocenters. The zero-order chi connectivity index (χ0) is 17.1. The van der Waals surface area contributed by atoms with Gasteiger partial charge in [0.1, 0.15) is 0 Å². The molecule has 1 fully saturated rings. The van der Waals surface area contributed by atoms with Gasteiger partial charge in [0, 0.05) is 12.7 Å². The molecule has 1 aromatic heterocycles. The van der Waals surface area contributed by atoms with Crippen LogP contribution in [-0.4, -0.2) is 34.0 Å². The quantitative estimate of drug-likeness (QED) is 0.934. The fraction of sp³-hybridized carbons (Fsp3) is 0.400. The minimum absolute atomic E-state index is 0.00764. The van der Waals surface area contributed by atoms with E-state index >= 15 is 0 Å². The first kappa shape index (κ1) is 16.7. The van der Waals surface area contributed by atoms with Crippen LogP contribution >= 0.6 is 0 Å². The predicted molar refractivity (Wildman–Crippen MR) is 93.9 cm³/mol. The molecule has 1 aliphatic heterocycles. The van der Waals surface area contributed by atoms with Crippen molar-refractivity contribution >= 4 is 5.97 Å². The number of carboxylic acids is 1. The molecule has 0 saturated carbocycles. The molecule has 3 rings (SSSR count). The van der Waals surface area contributed by atoms with Gasteiger partial charge in [-0.2, -0.15) is 0 Å². The van der Waals surface area contributed by atoms with Crippen molar-refractivity contribution in [3.8, 4) is 0 Å². The summed E-state index contributed by atoms with van der Waals surface area (Å²) in [5.41, 5.74) is 4.63. The third-order valence-corrected chi connectivity index (χ3v) is 4.86. The molecule has 2 heterocycles. The second kappa shape index (κ2) is 7.14. The van der Waals surface area contributed by atoms with E-state index in [0.717, 1.165) is 25.1 Å². The Hall–Kier alpha value is -2.20. The molecule has 1 aliphatic rings. The minimum atomic E-state index is -0.694. The molecule has 24 heavy (non-hydrogen) atoms. The molecule has 4 nitrogen and oxygen atoms in total. The Morgan fingerprint density at radius 3 is 2.83 bits per heavy atom. The molecule has 1 saturated heterocycles. The van der Waals surface area contributed by atoms with Gasteiger partial charge in [-0.15, -0.1) is 0 Å². The van der Waals surface area contributed by atoms with Crippen molar-refractivity contribution in [1.29, 1.82) is 0 Å². The molecule has 1 aromatic carbocycles. The van der Waals surface area contributed by atoms with Gasteiger partial charge in [-0.05, 0) is 56.5 Å². The number of carboxylic acid groups (broad SMARTS) is 1. The first-order valence-electron chi connectivity index (χ1n) is 8.51. The van der Waals surface area contributed by atoms with Gasteiger partial charge in [-0.1, -0.05) is 29.8 Å². The SMILES string of the molecule is Cc1ccc(C)c(C(c2ccccn2)N2CCCC(C(=O)O)C2)c1. The summed E-state index contributed by atoms with van der Waals surface area (Å²) >= 11 is 0. The van der Waals surface area contributed by atoms with Crippen LogP contribution in [-0.2, 0) is 4.79 Å². The summed E-state index contributed by atoms with van der Waals surface area (Å²) in [6.07, 6.45) is 3.48. The minimum Gasteiger partial charge on any atom is -0.481 e. The maximum absolute atomic E-state index is 11.5. The number of likely N-dealkylation sites (tertiary alicyclic amines) is 1. The largest absolute Gasteiger partial charge is 0.481 e. The lowest BCUT2D eigenvalue weighted by molar-refractivity contribution is -0.143. The second-order valence-electron chi connectivity index (χ2n) is 6.69. The molecule has 0 amide bonds. The molecule has 0 radical (unpaired) electrons. The number of pyridine rings is 1. The molecule has 1 N–H and O–H groups in total. The predicted octanol–water partition coefficient (Wildman–Crippen LogP) is 3.58. The van der Waals surface area contributed by atoms with Crippen molar-refractivity contribution in [2.45, 2.75) is 32.7 Å². The van der Waals surface area contributed by atoms with Crippen molar-refractivity contribution < 1.29 is 9.90 Å². The number of hydrogen-bond acceptors (Lipinski definition) is 3. The lowest BCUT2D eigenvalue weighted by Crippen LogP contribution is -2.41. The number of piperidine rings is 1. The van der Waals surface area contributed by atoms with Crippen LogP contribution in [0.25, 0.3) is 0 Å². The van der Waals surface area contributed by atoms with Crippen LogP contribution in [0.4, 0.5) is 0 Å². The number of aromatic nitrogens is 1. The van der Waals surface area contributed by atoms with Gasteiger partial charge >= 0.3 is 5.97 Å². The lowest BCUT2D eigenvalue weighted by atomic mass is 9.91. The Kier molecular flexibility index (Phi) is 4.95. The lowest BCUT2D eigenvalue weighted by Gasteiger charge is -2.37. The molecule has 2 atom stereocenters. The second-order valence-corrected chi connectivity index (χ2v) is 6.69. The molecule has 4 heteroatoms. The third-order valence-electron chi connectivity index (χ3n) is 4.86. The number of carbonyl (C=O) groups is 1. The van der Waals surface area contributed by atoms with Gasteiger partial charge in [0.05, 0.1) is 17.7 Å². The highest BCUT2D eigenvalue weighted by atomic mass is 16.4. The van der Waals surface area contributed by atoms with E-state index in [2.05, 4.69) is 41.9 Å². The van der Waals surface area contributed by atoms with Crippen LogP contribution in [0.5, 0.6) is 0 Å². The standard InChI is InChI=1S/C20H24N2O2/c1-14-8-9-15(2)17(12-14)19(18-7-3-4-10-21-18)22-11-5-6-16(13-22)20(23)24/h3-4,7-10,12,16,19H,5-6,11,13H2,1-2H3,(H,23,24). The van der Waals surface area contributed by atoms with Crippen molar-refractivity contribution in [3.05, 3.63) is 65.0 Å². The van der Waals surface area contributed by atoms with E-state index in [1.54, 1.807) is 0 Å². The Morgan fingerprint density at radius 2 is 2.12 bits per heavy atom. The van der Waals surface area contributed by atoms with Gasteiger partial charge in [-0.25, -0.2) is 0 Å². The first-order chi connectivity index (χ1) is 11.6. The highest BCUT2D eigenvalue weighted by Crippen LogP contribution is 2.33. The Morgan fingerprint density at radius 1 is 1.29 bits per heavy atom. The topological polar surface area (TPSA) is 53.4 Å². The van der Waals surface area contributed by atoms with Gasteiger partial charge in [-0.3, -0.25) is 14.7 Å². The van der Waals surface area contributed by atoms with Crippen LogP contribution in [0.1, 0.15) is 41.3 Å². The zero-order valence-electron chi connectivity index (χ0n) is 14.3. The normalized spacial score (nSPS) is 19.8. The molecular weight excluding hydrogens is 300 g/mol. The van der Waals surface area contributed by atoms with Crippen LogP contribution in [0.2, 0.25) is 0 Å². The summed E-state index contributed by atoms with van der Waals surface area (Å²) in [5, 5.41) is 9.44. The Balaban J connectivity index is 2.02. The highest BCUT2D eigenvalue weighted by Gasteiger charge is 2.32. The van der Waals surface area contributed by atoms with Gasteiger partial charge in [0.25, 0.3) is 0 Å². The number of aryl methyl sites for hydroxylation is 2. The molecule has 2 aromatic rings. The maximum atomic E-state index is 11.5. The van der Waals surface area contributed by atoms with E-state index in [0.29, 0.717) is 6.54 Å². The number of rotatable bonds is 4. The summed E-state index contributed by atoms with van der Waals surface area (Å²) in [6.45, 7) is 5.68. The molecule has 0 aliphatic carbocycles. The van der Waals surface area contributed by atoms with E-state index in [-0.39, 0.29) is 12.0 Å². The maximum Gasteiger partial charge on any atom is 0.307 e. The third kappa shape index (κ3) is 3.49. The van der Waals surface area contributed by atoms with Crippen LogP contribution in [0.15, 0.2) is 42.6 Å². The fourth-order valence-corrected chi connectivity index (χ4v) is 3.58. The van der Waals surface area contributed by atoms with Crippen molar-refractivity contribution in [1.82, 2.24) is 9.88 Å². The summed E-state index contributed by atoms with van der Waals surface area (Å²) in [5.74, 6) is -0.990. The smallest absolute Gasteiger partial charge is 0.307 e.